The van der Waals surface area contributed by atoms with Gasteiger partial charge in [0, 0.05) is 25.3 Å². The molecule has 0 aliphatic carbocycles. The van der Waals surface area contributed by atoms with Gasteiger partial charge < -0.3 is 15.6 Å². The second-order valence-corrected chi connectivity index (χ2v) is 5.04. The summed E-state index contributed by atoms with van der Waals surface area (Å²) in [6.45, 7) is 4.26. The van der Waals surface area contributed by atoms with E-state index in [1.807, 2.05) is 25.5 Å². The second kappa shape index (κ2) is 6.61. The lowest BCUT2D eigenvalue weighted by atomic mass is 10.3. The average Bonchev–Trinajstić information content (AvgIpc) is 2.59. The summed E-state index contributed by atoms with van der Waals surface area (Å²) in [5.41, 5.74) is 5.50. The zero-order chi connectivity index (χ0) is 12.8. The molecule has 0 spiro atoms. The first-order valence-corrected chi connectivity index (χ1v) is 6.53. The van der Waals surface area contributed by atoms with Gasteiger partial charge in [0.1, 0.15) is 5.82 Å². The molecular formula is C10H19N5OS. The van der Waals surface area contributed by atoms with E-state index in [2.05, 4.69) is 15.5 Å². The standard InChI is InChI=1S/C10H19N5OS/c1-7(2)12-9(16)4-5-17-10-14-13-8(6-11)15(10)3/h7H,4-6,11H2,1-3H3,(H,12,16). The number of thioether (sulfide) groups is 1. The largest absolute Gasteiger partial charge is 0.354 e. The third-order valence-corrected chi connectivity index (χ3v) is 3.14. The van der Waals surface area contributed by atoms with Crippen molar-refractivity contribution in [2.24, 2.45) is 12.8 Å². The normalized spacial score (nSPS) is 10.9. The van der Waals surface area contributed by atoms with E-state index < -0.39 is 0 Å². The van der Waals surface area contributed by atoms with Crippen molar-refractivity contribution in [3.8, 4) is 0 Å². The van der Waals surface area contributed by atoms with Crippen LogP contribution in [0.1, 0.15) is 26.1 Å². The number of hydrogen-bond acceptors (Lipinski definition) is 5. The van der Waals surface area contributed by atoms with Crippen LogP contribution in [0.15, 0.2) is 5.16 Å². The molecule has 7 heteroatoms. The van der Waals surface area contributed by atoms with Crippen molar-refractivity contribution in [2.45, 2.75) is 38.0 Å². The minimum Gasteiger partial charge on any atom is -0.354 e. The number of carbonyl (C=O) groups is 1. The van der Waals surface area contributed by atoms with E-state index in [9.17, 15) is 4.79 Å². The van der Waals surface area contributed by atoms with Gasteiger partial charge >= 0.3 is 0 Å². The number of carbonyl (C=O) groups excluding carboxylic acids is 1. The molecule has 1 aromatic rings. The molecule has 0 fully saturated rings. The van der Waals surface area contributed by atoms with Gasteiger partial charge in [-0.25, -0.2) is 0 Å². The number of aromatic nitrogens is 3. The minimum atomic E-state index is 0.0636. The Labute approximate surface area is 105 Å². The average molecular weight is 257 g/mol. The fourth-order valence-corrected chi connectivity index (χ4v) is 2.15. The van der Waals surface area contributed by atoms with Gasteiger partial charge in [0.05, 0.1) is 6.54 Å². The van der Waals surface area contributed by atoms with E-state index in [1.54, 1.807) is 0 Å². The third-order valence-electron chi connectivity index (χ3n) is 2.12. The predicted molar refractivity (Wildman–Crippen MR) is 67.5 cm³/mol. The Balaban J connectivity index is 2.35. The number of nitrogens with one attached hydrogen (secondary N) is 1. The fourth-order valence-electron chi connectivity index (χ4n) is 1.28. The Morgan fingerprint density at radius 1 is 1.53 bits per heavy atom. The maximum Gasteiger partial charge on any atom is 0.221 e. The molecule has 1 amide bonds. The van der Waals surface area contributed by atoms with Crippen LogP contribution in [0, 0.1) is 0 Å². The van der Waals surface area contributed by atoms with E-state index in [0.717, 1.165) is 11.0 Å². The molecule has 0 unspecified atom stereocenters. The molecule has 1 aromatic heterocycles. The van der Waals surface area contributed by atoms with Gasteiger partial charge in [-0.1, -0.05) is 11.8 Å². The molecular weight excluding hydrogens is 238 g/mol. The van der Waals surface area contributed by atoms with E-state index in [-0.39, 0.29) is 11.9 Å². The van der Waals surface area contributed by atoms with Gasteiger partial charge in [-0.3, -0.25) is 4.79 Å². The lowest BCUT2D eigenvalue weighted by Crippen LogP contribution is -2.30. The van der Waals surface area contributed by atoms with Crippen molar-refractivity contribution in [1.82, 2.24) is 20.1 Å². The van der Waals surface area contributed by atoms with Crippen LogP contribution in [0.2, 0.25) is 0 Å². The zero-order valence-electron chi connectivity index (χ0n) is 10.4. The lowest BCUT2D eigenvalue weighted by Gasteiger charge is -2.07. The van der Waals surface area contributed by atoms with E-state index in [0.29, 0.717) is 18.7 Å². The summed E-state index contributed by atoms with van der Waals surface area (Å²) in [6.07, 6.45) is 0.480. The first-order chi connectivity index (χ1) is 8.04. The van der Waals surface area contributed by atoms with Crippen LogP contribution >= 0.6 is 11.8 Å². The Morgan fingerprint density at radius 2 is 2.24 bits per heavy atom. The summed E-state index contributed by atoms with van der Waals surface area (Å²) in [4.78, 5) is 11.4. The highest BCUT2D eigenvalue weighted by Crippen LogP contribution is 2.16. The molecule has 0 atom stereocenters. The molecule has 0 saturated heterocycles. The van der Waals surface area contributed by atoms with Crippen molar-refractivity contribution in [3.05, 3.63) is 5.82 Å². The van der Waals surface area contributed by atoms with Crippen LogP contribution in [0.25, 0.3) is 0 Å². The minimum absolute atomic E-state index is 0.0636. The highest BCUT2D eigenvalue weighted by molar-refractivity contribution is 7.99. The van der Waals surface area contributed by atoms with Crippen molar-refractivity contribution in [3.63, 3.8) is 0 Å². The fraction of sp³-hybridized carbons (Fsp3) is 0.700. The quantitative estimate of drug-likeness (QED) is 0.715. The Kier molecular flexibility index (Phi) is 5.43. The van der Waals surface area contributed by atoms with Crippen LogP contribution in [-0.2, 0) is 18.4 Å². The van der Waals surface area contributed by atoms with Gasteiger partial charge in [-0.2, -0.15) is 0 Å². The molecule has 0 saturated carbocycles. The molecule has 3 N–H and O–H groups in total. The smallest absolute Gasteiger partial charge is 0.221 e. The van der Waals surface area contributed by atoms with Crippen LogP contribution < -0.4 is 11.1 Å². The predicted octanol–water partition coefficient (Wildman–Crippen LogP) is 0.281. The first kappa shape index (κ1) is 14.0. The molecule has 6 nitrogen and oxygen atoms in total. The molecule has 17 heavy (non-hydrogen) atoms. The summed E-state index contributed by atoms with van der Waals surface area (Å²) in [7, 11) is 1.87. The van der Waals surface area contributed by atoms with Gasteiger partial charge in [0.2, 0.25) is 5.91 Å². The lowest BCUT2D eigenvalue weighted by molar-refractivity contribution is -0.121. The van der Waals surface area contributed by atoms with Gasteiger partial charge in [0.25, 0.3) is 0 Å². The second-order valence-electron chi connectivity index (χ2n) is 3.98. The van der Waals surface area contributed by atoms with Crippen LogP contribution in [0.3, 0.4) is 0 Å². The number of rotatable bonds is 6. The van der Waals surface area contributed by atoms with E-state index in [1.165, 1.54) is 11.8 Å². The van der Waals surface area contributed by atoms with Crippen LogP contribution in [0.4, 0.5) is 0 Å². The summed E-state index contributed by atoms with van der Waals surface area (Å²) >= 11 is 1.51. The molecule has 0 aliphatic heterocycles. The SMILES string of the molecule is CC(C)NC(=O)CCSc1nnc(CN)n1C. The summed E-state index contributed by atoms with van der Waals surface area (Å²) in [6, 6.07) is 0.186. The molecule has 0 aromatic carbocycles. The molecule has 1 heterocycles. The van der Waals surface area contributed by atoms with Gasteiger partial charge in [-0.05, 0) is 13.8 Å². The number of nitrogens with two attached hydrogens (primary N) is 1. The number of hydrogen-bond donors (Lipinski definition) is 2. The molecule has 0 aliphatic rings. The third kappa shape index (κ3) is 4.35. The number of amides is 1. The maximum absolute atomic E-state index is 11.4. The summed E-state index contributed by atoms with van der Waals surface area (Å²) < 4.78 is 1.85. The highest BCUT2D eigenvalue weighted by Gasteiger charge is 2.09. The van der Waals surface area contributed by atoms with Crippen LogP contribution in [-0.4, -0.2) is 32.5 Å². The zero-order valence-corrected chi connectivity index (χ0v) is 11.3. The summed E-state index contributed by atoms with van der Waals surface area (Å²) in [5, 5.41) is 11.6. The highest BCUT2D eigenvalue weighted by atomic mass is 32.2. The Morgan fingerprint density at radius 3 is 2.76 bits per heavy atom. The van der Waals surface area contributed by atoms with Crippen molar-refractivity contribution in [2.75, 3.05) is 5.75 Å². The molecule has 1 rings (SSSR count). The number of nitrogens with zero attached hydrogens (tertiary/aromatic N) is 3. The summed E-state index contributed by atoms with van der Waals surface area (Å²) in [5.74, 6) is 1.50. The monoisotopic (exact) mass is 257 g/mol. The van der Waals surface area contributed by atoms with E-state index in [4.69, 9.17) is 5.73 Å². The molecule has 96 valence electrons. The Hall–Kier alpha value is -1.08. The van der Waals surface area contributed by atoms with Crippen molar-refractivity contribution in [1.29, 1.82) is 0 Å². The molecule has 0 bridgehead atoms. The Bertz CT molecular complexity index is 377. The molecule has 0 radical (unpaired) electrons. The van der Waals surface area contributed by atoms with Gasteiger partial charge in [0.15, 0.2) is 5.16 Å². The van der Waals surface area contributed by atoms with Gasteiger partial charge in [-0.15, -0.1) is 10.2 Å². The maximum atomic E-state index is 11.4. The van der Waals surface area contributed by atoms with Crippen molar-refractivity contribution >= 4 is 17.7 Å². The van der Waals surface area contributed by atoms with Crippen molar-refractivity contribution < 1.29 is 4.79 Å². The topological polar surface area (TPSA) is 85.8 Å². The van der Waals surface area contributed by atoms with Crippen LogP contribution in [0.5, 0.6) is 0 Å². The first-order valence-electron chi connectivity index (χ1n) is 5.55. The van der Waals surface area contributed by atoms with E-state index >= 15 is 0 Å².